The van der Waals surface area contributed by atoms with Crippen LogP contribution >= 0.6 is 0 Å². The van der Waals surface area contributed by atoms with Crippen molar-refractivity contribution in [2.45, 2.75) is 63.5 Å². The second-order valence-electron chi connectivity index (χ2n) is 12.1. The number of ether oxygens (including phenoxy) is 1. The standard InChI is InChI=1S/C31H33N7O2/c1-30(2,3)40-29(39)36-13-8-25(9-14-36)38-20-23(17-35-38)22-16-33-28-34-18-27(37(28)19-22)31(10-11-31)24-6-7-26-21(15-24)5-4-12-32-26/h4-7,12,15-20,25H,8-11,13-14H2,1-3H3. The molecule has 5 heterocycles. The van der Waals surface area contributed by atoms with Crippen LogP contribution in [0.4, 0.5) is 4.79 Å². The molecule has 0 atom stereocenters. The summed E-state index contributed by atoms with van der Waals surface area (Å²) in [6.45, 7) is 7.01. The van der Waals surface area contributed by atoms with Gasteiger partial charge >= 0.3 is 6.09 Å². The van der Waals surface area contributed by atoms with E-state index in [0.717, 1.165) is 47.7 Å². The molecule has 4 aromatic heterocycles. The zero-order chi connectivity index (χ0) is 27.5. The Balaban J connectivity index is 1.12. The highest BCUT2D eigenvalue weighted by Gasteiger charge is 2.48. The summed E-state index contributed by atoms with van der Waals surface area (Å²) in [4.78, 5) is 28.1. The first kappa shape index (κ1) is 24.7. The van der Waals surface area contributed by atoms with Gasteiger partial charge in [0.2, 0.25) is 5.78 Å². The summed E-state index contributed by atoms with van der Waals surface area (Å²) in [5.74, 6) is 0.703. The minimum absolute atomic E-state index is 0.0595. The number of hydrogen-bond acceptors (Lipinski definition) is 6. The lowest BCUT2D eigenvalue weighted by molar-refractivity contribution is 0.0185. The van der Waals surface area contributed by atoms with Crippen LogP contribution in [-0.4, -0.2) is 58.8 Å². The first-order valence-corrected chi connectivity index (χ1v) is 14.0. The van der Waals surface area contributed by atoms with Gasteiger partial charge in [0.15, 0.2) is 0 Å². The third-order valence-corrected chi connectivity index (χ3v) is 8.19. The van der Waals surface area contributed by atoms with Gasteiger partial charge < -0.3 is 9.64 Å². The third-order valence-electron chi connectivity index (χ3n) is 8.19. The van der Waals surface area contributed by atoms with Crippen LogP contribution in [0.15, 0.2) is 67.5 Å². The molecule has 2 fully saturated rings. The van der Waals surface area contributed by atoms with Crippen LogP contribution in [0.25, 0.3) is 27.8 Å². The molecule has 0 N–H and O–H groups in total. The maximum absolute atomic E-state index is 12.4. The Hall–Kier alpha value is -4.27. The molecular formula is C31H33N7O2. The van der Waals surface area contributed by atoms with Crippen molar-refractivity contribution in [1.29, 1.82) is 0 Å². The Morgan fingerprint density at radius 2 is 1.75 bits per heavy atom. The number of rotatable bonds is 4. The van der Waals surface area contributed by atoms with Crippen molar-refractivity contribution in [1.82, 2.24) is 34.0 Å². The predicted octanol–water partition coefficient (Wildman–Crippen LogP) is 5.79. The first-order chi connectivity index (χ1) is 19.3. The topological polar surface area (TPSA) is 90.4 Å². The number of imidazole rings is 1. The van der Waals surface area contributed by atoms with Crippen molar-refractivity contribution < 1.29 is 9.53 Å². The average Bonchev–Trinajstić information content (AvgIpc) is 3.40. The van der Waals surface area contributed by atoms with Crippen LogP contribution in [-0.2, 0) is 10.2 Å². The molecule has 1 saturated heterocycles. The molecule has 1 saturated carbocycles. The average molecular weight is 536 g/mol. The molecule has 0 spiro atoms. The number of hydrogen-bond donors (Lipinski definition) is 0. The van der Waals surface area contributed by atoms with Crippen LogP contribution < -0.4 is 0 Å². The van der Waals surface area contributed by atoms with Gasteiger partial charge in [0, 0.05) is 59.8 Å². The van der Waals surface area contributed by atoms with Crippen molar-refractivity contribution in [3.8, 4) is 11.1 Å². The molecule has 0 bridgehead atoms. The zero-order valence-electron chi connectivity index (χ0n) is 23.1. The van der Waals surface area contributed by atoms with E-state index < -0.39 is 5.60 Å². The Morgan fingerprint density at radius 1 is 0.975 bits per heavy atom. The van der Waals surface area contributed by atoms with Crippen molar-refractivity contribution in [2.24, 2.45) is 0 Å². The number of pyridine rings is 1. The van der Waals surface area contributed by atoms with E-state index in [2.05, 4.69) is 51.0 Å². The summed E-state index contributed by atoms with van der Waals surface area (Å²) in [6.07, 6.45) is 15.4. The van der Waals surface area contributed by atoms with E-state index in [9.17, 15) is 4.79 Å². The smallest absolute Gasteiger partial charge is 0.410 e. The second kappa shape index (κ2) is 9.15. The largest absolute Gasteiger partial charge is 0.444 e. The molecule has 1 aliphatic carbocycles. The summed E-state index contributed by atoms with van der Waals surface area (Å²) in [7, 11) is 0. The fourth-order valence-electron chi connectivity index (χ4n) is 5.89. The predicted molar refractivity (Wildman–Crippen MR) is 152 cm³/mol. The van der Waals surface area contributed by atoms with Gasteiger partial charge in [-0.2, -0.15) is 5.10 Å². The van der Waals surface area contributed by atoms with Gasteiger partial charge in [-0.15, -0.1) is 0 Å². The molecule has 9 nitrogen and oxygen atoms in total. The number of carbonyl (C=O) groups excluding carboxylic acids is 1. The molecule has 5 aromatic rings. The number of aromatic nitrogens is 6. The van der Waals surface area contributed by atoms with Gasteiger partial charge in [-0.25, -0.2) is 14.8 Å². The summed E-state index contributed by atoms with van der Waals surface area (Å²) in [5, 5.41) is 5.85. The highest BCUT2D eigenvalue weighted by atomic mass is 16.6. The summed E-state index contributed by atoms with van der Waals surface area (Å²) < 4.78 is 9.72. The van der Waals surface area contributed by atoms with Gasteiger partial charge in [-0.3, -0.25) is 14.1 Å². The molecule has 7 rings (SSSR count). The van der Waals surface area contributed by atoms with E-state index in [1.807, 2.05) is 56.3 Å². The highest BCUT2D eigenvalue weighted by Crippen LogP contribution is 2.53. The van der Waals surface area contributed by atoms with Crippen LogP contribution in [0.2, 0.25) is 0 Å². The van der Waals surface area contributed by atoms with E-state index >= 15 is 0 Å². The van der Waals surface area contributed by atoms with Gasteiger partial charge in [-0.1, -0.05) is 12.1 Å². The number of amides is 1. The fourth-order valence-corrected chi connectivity index (χ4v) is 5.89. The van der Waals surface area contributed by atoms with E-state index in [0.29, 0.717) is 18.9 Å². The van der Waals surface area contributed by atoms with E-state index in [4.69, 9.17) is 14.8 Å². The molecular weight excluding hydrogens is 502 g/mol. The summed E-state index contributed by atoms with van der Waals surface area (Å²) >= 11 is 0. The molecule has 1 aliphatic heterocycles. The van der Waals surface area contributed by atoms with E-state index in [-0.39, 0.29) is 17.6 Å². The normalized spacial score (nSPS) is 17.4. The van der Waals surface area contributed by atoms with Crippen molar-refractivity contribution >= 4 is 22.8 Å². The lowest BCUT2D eigenvalue weighted by atomic mass is 9.91. The van der Waals surface area contributed by atoms with Crippen molar-refractivity contribution in [3.63, 3.8) is 0 Å². The molecule has 2 aliphatic rings. The van der Waals surface area contributed by atoms with Gasteiger partial charge in [-0.05, 0) is 70.2 Å². The second-order valence-corrected chi connectivity index (χ2v) is 12.1. The van der Waals surface area contributed by atoms with Crippen LogP contribution in [0.5, 0.6) is 0 Å². The van der Waals surface area contributed by atoms with Gasteiger partial charge in [0.25, 0.3) is 0 Å². The number of likely N-dealkylation sites (tertiary alicyclic amines) is 1. The van der Waals surface area contributed by atoms with Gasteiger partial charge in [0.1, 0.15) is 5.60 Å². The highest BCUT2D eigenvalue weighted by molar-refractivity contribution is 5.79. The third kappa shape index (κ3) is 4.39. The maximum Gasteiger partial charge on any atom is 0.410 e. The van der Waals surface area contributed by atoms with Gasteiger partial charge in [0.05, 0.1) is 29.6 Å². The SMILES string of the molecule is CC(C)(C)OC(=O)N1CCC(n2cc(-c3cnc4ncc(C5(c6ccc7ncccc7c6)CC5)n4c3)cn2)CC1. The molecule has 9 heteroatoms. The number of nitrogens with zero attached hydrogens (tertiary/aromatic N) is 7. The summed E-state index contributed by atoms with van der Waals surface area (Å²) in [6, 6.07) is 10.9. The molecule has 40 heavy (non-hydrogen) atoms. The number of benzene rings is 1. The number of piperidine rings is 1. The Morgan fingerprint density at radius 3 is 2.52 bits per heavy atom. The molecule has 0 unspecified atom stereocenters. The molecule has 204 valence electrons. The first-order valence-electron chi connectivity index (χ1n) is 14.0. The number of carbonyl (C=O) groups is 1. The lowest BCUT2D eigenvalue weighted by Crippen LogP contribution is -2.42. The maximum atomic E-state index is 12.4. The molecule has 1 amide bonds. The van der Waals surface area contributed by atoms with Crippen LogP contribution in [0.1, 0.15) is 63.8 Å². The zero-order valence-corrected chi connectivity index (χ0v) is 23.1. The van der Waals surface area contributed by atoms with E-state index in [1.54, 1.807) is 4.90 Å². The Labute approximate surface area is 232 Å². The van der Waals surface area contributed by atoms with Crippen molar-refractivity contribution in [2.75, 3.05) is 13.1 Å². The minimum Gasteiger partial charge on any atom is -0.444 e. The Bertz CT molecular complexity index is 1720. The molecule has 0 radical (unpaired) electrons. The van der Waals surface area contributed by atoms with Crippen molar-refractivity contribution in [3.05, 3.63) is 78.8 Å². The Kier molecular flexibility index (Phi) is 5.66. The minimum atomic E-state index is -0.485. The monoisotopic (exact) mass is 535 g/mol. The number of fused-ring (bicyclic) bond motifs is 2. The van der Waals surface area contributed by atoms with E-state index in [1.165, 1.54) is 11.3 Å². The quantitative estimate of drug-likeness (QED) is 0.289. The summed E-state index contributed by atoms with van der Waals surface area (Å²) in [5.41, 5.74) is 4.95. The van der Waals surface area contributed by atoms with Crippen LogP contribution in [0, 0.1) is 0 Å². The lowest BCUT2D eigenvalue weighted by Gasteiger charge is -2.33. The fraction of sp³-hybridized carbons (Fsp3) is 0.387. The molecule has 1 aromatic carbocycles. The van der Waals surface area contributed by atoms with Crippen LogP contribution in [0.3, 0.4) is 0 Å².